The van der Waals surface area contributed by atoms with Crippen LogP contribution in [0.2, 0.25) is 0 Å². The van der Waals surface area contributed by atoms with E-state index in [0.717, 1.165) is 23.4 Å². The first-order valence-electron chi connectivity index (χ1n) is 7.41. The number of benzene rings is 2. The van der Waals surface area contributed by atoms with Crippen molar-refractivity contribution in [1.29, 1.82) is 0 Å². The summed E-state index contributed by atoms with van der Waals surface area (Å²) in [4.78, 5) is 0. The third-order valence-corrected chi connectivity index (χ3v) is 3.94. The van der Waals surface area contributed by atoms with E-state index in [1.54, 1.807) is 0 Å². The molecule has 4 nitrogen and oxygen atoms in total. The molecule has 0 aromatic heterocycles. The fourth-order valence-electron chi connectivity index (χ4n) is 2.35. The van der Waals surface area contributed by atoms with Crippen LogP contribution in [-0.2, 0) is 6.54 Å². The van der Waals surface area contributed by atoms with Gasteiger partial charge in [0.25, 0.3) is 0 Å². The first-order valence-corrected chi connectivity index (χ1v) is 7.81. The summed E-state index contributed by atoms with van der Waals surface area (Å²) in [5.41, 5.74) is 1.60. The Hall–Kier alpha value is -2.41. The van der Waals surface area contributed by atoms with Crippen LogP contribution < -0.4 is 20.1 Å². The molecule has 0 spiro atoms. The third-order valence-electron chi connectivity index (χ3n) is 3.68. The molecule has 1 aliphatic rings. The highest BCUT2D eigenvalue weighted by Crippen LogP contribution is 2.32. The van der Waals surface area contributed by atoms with Gasteiger partial charge in [0.05, 0.1) is 6.04 Å². The molecule has 2 aromatic carbocycles. The Morgan fingerprint density at radius 3 is 2.71 bits per heavy atom. The Morgan fingerprint density at radius 2 is 1.92 bits per heavy atom. The molecule has 0 saturated heterocycles. The fourth-order valence-corrected chi connectivity index (χ4v) is 2.59. The van der Waals surface area contributed by atoms with Gasteiger partial charge in [-0.25, -0.2) is 8.78 Å². The van der Waals surface area contributed by atoms with Crippen molar-refractivity contribution in [2.75, 3.05) is 6.79 Å². The molecule has 2 aromatic rings. The third kappa shape index (κ3) is 3.73. The zero-order valence-electron chi connectivity index (χ0n) is 12.9. The average molecular weight is 350 g/mol. The molecule has 1 heterocycles. The lowest BCUT2D eigenvalue weighted by atomic mass is 10.1. The first kappa shape index (κ1) is 16.4. The molecule has 1 aliphatic heterocycles. The molecule has 2 N–H and O–H groups in total. The fraction of sp³-hybridized carbons (Fsp3) is 0.235. The summed E-state index contributed by atoms with van der Waals surface area (Å²) in [6, 6.07) is 9.19. The molecule has 0 fully saturated rings. The van der Waals surface area contributed by atoms with E-state index in [-0.39, 0.29) is 12.8 Å². The summed E-state index contributed by atoms with van der Waals surface area (Å²) in [7, 11) is 0. The van der Waals surface area contributed by atoms with Crippen LogP contribution in [0.5, 0.6) is 11.5 Å². The summed E-state index contributed by atoms with van der Waals surface area (Å²) in [6.45, 7) is 2.56. The summed E-state index contributed by atoms with van der Waals surface area (Å²) >= 11 is 5.24. The highest BCUT2D eigenvalue weighted by Gasteiger charge is 2.14. The van der Waals surface area contributed by atoms with E-state index in [2.05, 4.69) is 10.6 Å². The highest BCUT2D eigenvalue weighted by atomic mass is 32.1. The number of hydrogen-bond donors (Lipinski definition) is 2. The number of halogens is 2. The number of fused-ring (bicyclic) bond motifs is 1. The monoisotopic (exact) mass is 350 g/mol. The molecule has 24 heavy (non-hydrogen) atoms. The van der Waals surface area contributed by atoms with Crippen molar-refractivity contribution < 1.29 is 18.3 Å². The van der Waals surface area contributed by atoms with Crippen LogP contribution in [0.4, 0.5) is 8.78 Å². The van der Waals surface area contributed by atoms with Crippen LogP contribution in [0, 0.1) is 11.6 Å². The molecule has 0 amide bonds. The molecule has 0 radical (unpaired) electrons. The van der Waals surface area contributed by atoms with Gasteiger partial charge in [0, 0.05) is 6.54 Å². The molecule has 7 heteroatoms. The van der Waals surface area contributed by atoms with Gasteiger partial charge >= 0.3 is 0 Å². The van der Waals surface area contributed by atoms with Crippen LogP contribution in [0.1, 0.15) is 24.1 Å². The zero-order valence-corrected chi connectivity index (χ0v) is 13.8. The standard InChI is InChI=1S/C17H16F2N2O2S/c1-10(12-3-4-13(18)14(19)7-12)21-17(24)20-8-11-2-5-15-16(6-11)23-9-22-15/h2-7,10H,8-9H2,1H3,(H2,20,21,24)/t10-/m0/s1. The van der Waals surface area contributed by atoms with E-state index in [4.69, 9.17) is 21.7 Å². The molecule has 126 valence electrons. The van der Waals surface area contributed by atoms with Gasteiger partial charge in [0.2, 0.25) is 6.79 Å². The number of nitrogens with one attached hydrogen (secondary N) is 2. The van der Waals surface area contributed by atoms with E-state index >= 15 is 0 Å². The maximum Gasteiger partial charge on any atom is 0.231 e. The van der Waals surface area contributed by atoms with Gasteiger partial charge in [-0.15, -0.1) is 0 Å². The van der Waals surface area contributed by atoms with Crippen molar-refractivity contribution in [3.63, 3.8) is 0 Å². The Balaban J connectivity index is 1.54. The lowest BCUT2D eigenvalue weighted by molar-refractivity contribution is 0.174. The maximum absolute atomic E-state index is 13.3. The summed E-state index contributed by atoms with van der Waals surface area (Å²) in [5, 5.41) is 6.53. The van der Waals surface area contributed by atoms with Crippen molar-refractivity contribution >= 4 is 17.3 Å². The first-order chi connectivity index (χ1) is 11.5. The van der Waals surface area contributed by atoms with Gasteiger partial charge in [0.1, 0.15) is 0 Å². The van der Waals surface area contributed by atoms with Gasteiger partial charge in [-0.2, -0.15) is 0 Å². The van der Waals surface area contributed by atoms with Crippen LogP contribution in [0.25, 0.3) is 0 Å². The summed E-state index contributed by atoms with van der Waals surface area (Å²) in [6.07, 6.45) is 0. The zero-order chi connectivity index (χ0) is 17.1. The Bertz CT molecular complexity index is 770. The second kappa shape index (κ2) is 7.00. The topological polar surface area (TPSA) is 42.5 Å². The van der Waals surface area contributed by atoms with E-state index in [1.807, 2.05) is 25.1 Å². The Labute approximate surface area is 143 Å². The van der Waals surface area contributed by atoms with E-state index < -0.39 is 11.6 Å². The van der Waals surface area contributed by atoms with Crippen LogP contribution in [0.15, 0.2) is 36.4 Å². The van der Waals surface area contributed by atoms with E-state index in [9.17, 15) is 8.78 Å². The largest absolute Gasteiger partial charge is 0.454 e. The lowest BCUT2D eigenvalue weighted by Crippen LogP contribution is -2.36. The minimum atomic E-state index is -0.875. The van der Waals surface area contributed by atoms with Gasteiger partial charge in [-0.1, -0.05) is 12.1 Å². The SMILES string of the molecule is C[C@H](NC(=S)NCc1ccc2c(c1)OCO2)c1ccc(F)c(F)c1. The predicted molar refractivity (Wildman–Crippen MR) is 89.9 cm³/mol. The number of ether oxygens (including phenoxy) is 2. The average Bonchev–Trinajstić information content (AvgIpc) is 3.03. The summed E-state index contributed by atoms with van der Waals surface area (Å²) in [5.74, 6) is -0.301. The normalized spacial score (nSPS) is 13.5. The number of rotatable bonds is 4. The predicted octanol–water partition coefficient (Wildman–Crippen LogP) is 3.42. The van der Waals surface area contributed by atoms with Crippen molar-refractivity contribution in [3.05, 3.63) is 59.2 Å². The van der Waals surface area contributed by atoms with Crippen LogP contribution in [0.3, 0.4) is 0 Å². The second-order valence-corrected chi connectivity index (χ2v) is 5.82. The molecular formula is C17H16F2N2O2S. The molecular weight excluding hydrogens is 334 g/mol. The molecule has 1 atom stereocenters. The molecule has 3 rings (SSSR count). The van der Waals surface area contributed by atoms with Gasteiger partial charge in [-0.05, 0) is 54.5 Å². The minimum absolute atomic E-state index is 0.234. The Morgan fingerprint density at radius 1 is 1.12 bits per heavy atom. The number of thiocarbonyl (C=S) groups is 1. The molecule has 0 bridgehead atoms. The molecule has 0 saturated carbocycles. The van der Waals surface area contributed by atoms with Gasteiger partial charge < -0.3 is 20.1 Å². The number of hydrogen-bond acceptors (Lipinski definition) is 3. The van der Waals surface area contributed by atoms with Crippen molar-refractivity contribution in [1.82, 2.24) is 10.6 Å². The van der Waals surface area contributed by atoms with E-state index in [1.165, 1.54) is 6.07 Å². The maximum atomic E-state index is 13.3. The quantitative estimate of drug-likeness (QED) is 0.827. The van der Waals surface area contributed by atoms with Gasteiger partial charge in [0.15, 0.2) is 28.2 Å². The lowest BCUT2D eigenvalue weighted by Gasteiger charge is -2.17. The minimum Gasteiger partial charge on any atom is -0.454 e. The highest BCUT2D eigenvalue weighted by molar-refractivity contribution is 7.80. The molecule has 0 unspecified atom stereocenters. The van der Waals surface area contributed by atoms with Crippen LogP contribution in [-0.4, -0.2) is 11.9 Å². The van der Waals surface area contributed by atoms with Gasteiger partial charge in [-0.3, -0.25) is 0 Å². The summed E-state index contributed by atoms with van der Waals surface area (Å²) < 4.78 is 36.8. The molecule has 0 aliphatic carbocycles. The van der Waals surface area contributed by atoms with Crippen molar-refractivity contribution in [2.24, 2.45) is 0 Å². The smallest absolute Gasteiger partial charge is 0.231 e. The van der Waals surface area contributed by atoms with E-state index in [0.29, 0.717) is 23.0 Å². The second-order valence-electron chi connectivity index (χ2n) is 5.41. The van der Waals surface area contributed by atoms with Crippen molar-refractivity contribution in [3.8, 4) is 11.5 Å². The Kier molecular flexibility index (Phi) is 4.80. The van der Waals surface area contributed by atoms with Crippen molar-refractivity contribution in [2.45, 2.75) is 19.5 Å². The van der Waals surface area contributed by atoms with Crippen LogP contribution >= 0.6 is 12.2 Å².